The molecule has 0 fully saturated rings. The van der Waals surface area contributed by atoms with Gasteiger partial charge in [0.05, 0.1) is 5.75 Å². The Morgan fingerprint density at radius 1 is 1.44 bits per heavy atom. The molecule has 55 valence electrons. The van der Waals surface area contributed by atoms with E-state index in [1.165, 1.54) is 24.2 Å². The van der Waals surface area contributed by atoms with Crippen molar-refractivity contribution in [2.75, 3.05) is 14.1 Å². The monoisotopic (exact) mass is 150 g/mol. The molecule has 0 bridgehead atoms. The second-order valence-electron chi connectivity index (χ2n) is 1.90. The Kier molecular flexibility index (Phi) is 3.14. The summed E-state index contributed by atoms with van der Waals surface area (Å²) in [6, 6.07) is 0. The lowest BCUT2D eigenvalue weighted by Gasteiger charge is -2.08. The van der Waals surface area contributed by atoms with Crippen LogP contribution >= 0.6 is 0 Å². The van der Waals surface area contributed by atoms with Gasteiger partial charge in [-0.25, -0.2) is 12.7 Å². The molecule has 4 heteroatoms. The van der Waals surface area contributed by atoms with Crippen LogP contribution in [0, 0.1) is 5.75 Å². The second kappa shape index (κ2) is 3.17. The largest absolute Gasteiger partial charge is 0.217 e. The minimum Gasteiger partial charge on any atom is -0.212 e. The van der Waals surface area contributed by atoms with Crippen LogP contribution in [0.3, 0.4) is 0 Å². The molecule has 3 nitrogen and oxygen atoms in total. The highest BCUT2D eigenvalue weighted by atomic mass is 32.2. The molecule has 0 aliphatic carbocycles. The summed E-state index contributed by atoms with van der Waals surface area (Å²) in [7, 11) is -0.00919. The Morgan fingerprint density at radius 2 is 1.89 bits per heavy atom. The van der Waals surface area contributed by atoms with E-state index in [9.17, 15) is 8.42 Å². The van der Waals surface area contributed by atoms with E-state index >= 15 is 0 Å². The van der Waals surface area contributed by atoms with Gasteiger partial charge in [0.1, 0.15) is 0 Å². The molecule has 0 aromatic rings. The molecule has 0 atom stereocenters. The van der Waals surface area contributed by atoms with Crippen LogP contribution in [0.15, 0.2) is 0 Å². The van der Waals surface area contributed by atoms with Crippen molar-refractivity contribution < 1.29 is 8.42 Å². The van der Waals surface area contributed by atoms with Gasteiger partial charge in [0.2, 0.25) is 10.0 Å². The minimum atomic E-state index is -3.04. The third kappa shape index (κ3) is 2.81. The Bertz CT molecular complexity index is 160. The van der Waals surface area contributed by atoms with E-state index in [1.807, 2.05) is 0 Å². The van der Waals surface area contributed by atoms with Crippen molar-refractivity contribution in [1.82, 2.24) is 4.31 Å². The molecule has 1 radical (unpaired) electrons. The number of nitrogens with zero attached hydrogens (tertiary/aromatic N) is 1. The van der Waals surface area contributed by atoms with Crippen molar-refractivity contribution in [2.45, 2.75) is 13.3 Å². The molecule has 0 heterocycles. The van der Waals surface area contributed by atoms with Gasteiger partial charge in [0.15, 0.2) is 0 Å². The summed E-state index contributed by atoms with van der Waals surface area (Å²) in [5.74, 6) is 1.28. The summed E-state index contributed by atoms with van der Waals surface area (Å²) >= 11 is 0. The van der Waals surface area contributed by atoms with E-state index in [-0.39, 0.29) is 0 Å². The van der Waals surface area contributed by atoms with Crippen LogP contribution < -0.4 is 0 Å². The molecule has 0 spiro atoms. The van der Waals surface area contributed by atoms with Gasteiger partial charge in [-0.2, -0.15) is 0 Å². The van der Waals surface area contributed by atoms with Crippen LogP contribution in [0.2, 0.25) is 0 Å². The van der Waals surface area contributed by atoms with Gasteiger partial charge in [0, 0.05) is 14.1 Å². The third-order valence-corrected chi connectivity index (χ3v) is 2.66. The van der Waals surface area contributed by atoms with Crippen molar-refractivity contribution in [3.05, 3.63) is 5.75 Å². The molecular weight excluding hydrogens is 138 g/mol. The highest BCUT2D eigenvalue weighted by Gasteiger charge is 2.10. The third-order valence-electron chi connectivity index (χ3n) is 0.886. The van der Waals surface area contributed by atoms with Gasteiger partial charge >= 0.3 is 0 Å². The summed E-state index contributed by atoms with van der Waals surface area (Å²) in [6.45, 7) is 1.79. The zero-order valence-electron chi connectivity index (χ0n) is 5.96. The number of rotatable bonds is 3. The second-order valence-corrected chi connectivity index (χ2v) is 4.00. The van der Waals surface area contributed by atoms with E-state index in [4.69, 9.17) is 0 Å². The topological polar surface area (TPSA) is 37.4 Å². The van der Waals surface area contributed by atoms with Gasteiger partial charge in [-0.15, -0.1) is 0 Å². The molecule has 0 saturated carbocycles. The average Bonchev–Trinajstić information content (AvgIpc) is 1.65. The van der Waals surface area contributed by atoms with Crippen molar-refractivity contribution in [1.29, 1.82) is 0 Å². The fourth-order valence-corrected chi connectivity index (χ4v) is 1.08. The molecule has 0 aromatic heterocycles. The Hall–Kier alpha value is -0.0900. The molecule has 9 heavy (non-hydrogen) atoms. The molecule has 0 aliphatic rings. The SMILES string of the molecule is CC[CH]S(=O)(=O)N(C)C. The van der Waals surface area contributed by atoms with Crippen molar-refractivity contribution in [3.63, 3.8) is 0 Å². The first-order valence-corrected chi connectivity index (χ1v) is 4.26. The normalized spacial score (nSPS) is 12.4. The standard InChI is InChI=1S/C5H12NO2S/c1-4-5-9(7,8)6(2)3/h5H,4H2,1-3H3. The van der Waals surface area contributed by atoms with Gasteiger partial charge < -0.3 is 0 Å². The predicted octanol–water partition coefficient (Wildman–Crippen LogP) is 0.450. The molecule has 0 saturated heterocycles. The zero-order chi connectivity index (χ0) is 7.49. The smallest absolute Gasteiger partial charge is 0.212 e. The van der Waals surface area contributed by atoms with Gasteiger partial charge in [-0.1, -0.05) is 6.92 Å². The maximum absolute atomic E-state index is 10.8. The molecule has 0 aromatic carbocycles. The Balaban J connectivity index is 4.05. The zero-order valence-corrected chi connectivity index (χ0v) is 6.77. The van der Waals surface area contributed by atoms with E-state index in [0.717, 1.165) is 0 Å². The quantitative estimate of drug-likeness (QED) is 0.585. The maximum Gasteiger partial charge on any atom is 0.217 e. The van der Waals surface area contributed by atoms with Crippen LogP contribution in [0.25, 0.3) is 0 Å². The molecule has 0 rings (SSSR count). The van der Waals surface area contributed by atoms with Crippen LogP contribution in [0.5, 0.6) is 0 Å². The highest BCUT2D eigenvalue weighted by Crippen LogP contribution is 2.00. The highest BCUT2D eigenvalue weighted by molar-refractivity contribution is 7.91. The summed E-state index contributed by atoms with van der Waals surface area (Å²) in [5, 5.41) is 0. The van der Waals surface area contributed by atoms with Crippen LogP contribution in [0.4, 0.5) is 0 Å². The van der Waals surface area contributed by atoms with Crippen molar-refractivity contribution >= 4 is 10.0 Å². The minimum absolute atomic E-state index is 0.556. The average molecular weight is 150 g/mol. The van der Waals surface area contributed by atoms with Crippen molar-refractivity contribution in [2.24, 2.45) is 0 Å². The summed E-state index contributed by atoms with van der Waals surface area (Å²) < 4.78 is 22.8. The lowest BCUT2D eigenvalue weighted by Crippen LogP contribution is -2.21. The van der Waals surface area contributed by atoms with Crippen molar-refractivity contribution in [3.8, 4) is 0 Å². The molecular formula is C5H12NO2S. The van der Waals surface area contributed by atoms with Gasteiger partial charge in [-0.05, 0) is 6.42 Å². The molecule has 0 aliphatic heterocycles. The fraction of sp³-hybridized carbons (Fsp3) is 0.800. The first-order chi connectivity index (χ1) is 4.00. The van der Waals surface area contributed by atoms with E-state index in [1.54, 1.807) is 6.92 Å². The van der Waals surface area contributed by atoms with Crippen LogP contribution in [-0.2, 0) is 10.0 Å². The summed E-state index contributed by atoms with van der Waals surface area (Å²) in [4.78, 5) is 0. The molecule has 0 amide bonds. The number of hydrogen-bond donors (Lipinski definition) is 0. The predicted molar refractivity (Wildman–Crippen MR) is 37.2 cm³/mol. The Morgan fingerprint density at radius 3 is 2.00 bits per heavy atom. The summed E-state index contributed by atoms with van der Waals surface area (Å²) in [6.07, 6.45) is 0.556. The number of hydrogen-bond acceptors (Lipinski definition) is 2. The number of sulfonamides is 1. The fourth-order valence-electron chi connectivity index (χ4n) is 0.360. The van der Waals surface area contributed by atoms with E-state index < -0.39 is 10.0 Å². The first-order valence-electron chi connectivity index (χ1n) is 2.76. The lowest BCUT2D eigenvalue weighted by atomic mass is 10.6. The lowest BCUT2D eigenvalue weighted by molar-refractivity contribution is 0.526. The van der Waals surface area contributed by atoms with Crippen LogP contribution in [-0.4, -0.2) is 26.8 Å². The Labute approximate surface area is 56.7 Å². The first kappa shape index (κ1) is 8.91. The van der Waals surface area contributed by atoms with Gasteiger partial charge in [0.25, 0.3) is 0 Å². The van der Waals surface area contributed by atoms with E-state index in [0.29, 0.717) is 6.42 Å². The van der Waals surface area contributed by atoms with E-state index in [2.05, 4.69) is 0 Å². The maximum atomic E-state index is 10.8. The van der Waals surface area contributed by atoms with Gasteiger partial charge in [-0.3, -0.25) is 0 Å². The van der Waals surface area contributed by atoms with Crippen LogP contribution in [0.1, 0.15) is 13.3 Å². The summed E-state index contributed by atoms with van der Waals surface area (Å²) in [5.41, 5.74) is 0. The molecule has 0 N–H and O–H groups in total. The molecule has 0 unspecified atom stereocenters.